The van der Waals surface area contributed by atoms with Crippen molar-refractivity contribution < 1.29 is 4.79 Å². The van der Waals surface area contributed by atoms with Crippen molar-refractivity contribution in [1.82, 2.24) is 14.3 Å². The van der Waals surface area contributed by atoms with Crippen LogP contribution in [0.2, 0.25) is 0 Å². The van der Waals surface area contributed by atoms with Gasteiger partial charge in [0.2, 0.25) is 0 Å². The molecule has 3 heterocycles. The van der Waals surface area contributed by atoms with Crippen LogP contribution in [0.25, 0.3) is 5.65 Å². The molecular formula is C16H20N4O2. The SMILES string of the molecule is CC1CCN(C(=O)c2cnc3ccccn3c2=O)C(CN)C1. The maximum Gasteiger partial charge on any atom is 0.270 e. The molecule has 2 unspecified atom stereocenters. The summed E-state index contributed by atoms with van der Waals surface area (Å²) in [6.45, 7) is 3.22. The topological polar surface area (TPSA) is 80.7 Å². The van der Waals surface area contributed by atoms with Crippen molar-refractivity contribution in [3.63, 3.8) is 0 Å². The monoisotopic (exact) mass is 300 g/mol. The molecule has 2 N–H and O–H groups in total. The van der Waals surface area contributed by atoms with Gasteiger partial charge in [-0.2, -0.15) is 0 Å². The Labute approximate surface area is 128 Å². The number of hydrogen-bond donors (Lipinski definition) is 1. The second kappa shape index (κ2) is 5.88. The molecule has 3 rings (SSSR count). The number of pyridine rings is 1. The van der Waals surface area contributed by atoms with Crippen LogP contribution in [0.3, 0.4) is 0 Å². The summed E-state index contributed by atoms with van der Waals surface area (Å²) in [5, 5.41) is 0. The standard InChI is InChI=1S/C16H20N4O2/c1-11-5-7-19(12(8-11)9-17)15(21)13-10-18-14-4-2-3-6-20(14)16(13)22/h2-4,6,10-12H,5,7-9,17H2,1H3. The first-order valence-electron chi connectivity index (χ1n) is 7.59. The van der Waals surface area contributed by atoms with Crippen LogP contribution in [0.1, 0.15) is 30.1 Å². The first kappa shape index (κ1) is 14.7. The zero-order chi connectivity index (χ0) is 15.7. The molecule has 2 atom stereocenters. The average molecular weight is 300 g/mol. The summed E-state index contributed by atoms with van der Waals surface area (Å²) in [5.74, 6) is 0.284. The smallest absolute Gasteiger partial charge is 0.270 e. The number of amides is 1. The quantitative estimate of drug-likeness (QED) is 0.893. The molecule has 116 valence electrons. The van der Waals surface area contributed by atoms with Gasteiger partial charge in [0, 0.05) is 31.5 Å². The maximum atomic E-state index is 12.8. The van der Waals surface area contributed by atoms with Crippen LogP contribution in [0.5, 0.6) is 0 Å². The zero-order valence-corrected chi connectivity index (χ0v) is 12.6. The number of hydrogen-bond acceptors (Lipinski definition) is 4. The number of aromatic nitrogens is 2. The van der Waals surface area contributed by atoms with E-state index in [4.69, 9.17) is 5.73 Å². The summed E-state index contributed by atoms with van der Waals surface area (Å²) in [4.78, 5) is 31.2. The number of likely N-dealkylation sites (tertiary alicyclic amines) is 1. The summed E-state index contributed by atoms with van der Waals surface area (Å²) in [6.07, 6.45) is 4.82. The lowest BCUT2D eigenvalue weighted by molar-refractivity contribution is 0.0571. The third-order valence-corrected chi connectivity index (χ3v) is 4.35. The highest BCUT2D eigenvalue weighted by Crippen LogP contribution is 2.23. The molecule has 2 aromatic heterocycles. The second-order valence-electron chi connectivity index (χ2n) is 5.92. The minimum Gasteiger partial charge on any atom is -0.334 e. The Bertz CT molecular complexity index is 755. The summed E-state index contributed by atoms with van der Waals surface area (Å²) < 4.78 is 1.40. The van der Waals surface area contributed by atoms with Gasteiger partial charge >= 0.3 is 0 Å². The third kappa shape index (κ3) is 2.50. The van der Waals surface area contributed by atoms with Crippen LogP contribution in [0.15, 0.2) is 35.4 Å². The fourth-order valence-corrected chi connectivity index (χ4v) is 3.07. The number of rotatable bonds is 2. The Morgan fingerprint density at radius 3 is 3.05 bits per heavy atom. The highest BCUT2D eigenvalue weighted by molar-refractivity contribution is 5.94. The Kier molecular flexibility index (Phi) is 3.94. The zero-order valence-electron chi connectivity index (χ0n) is 12.6. The van der Waals surface area contributed by atoms with Gasteiger partial charge in [0.25, 0.3) is 11.5 Å². The first-order valence-corrected chi connectivity index (χ1v) is 7.59. The predicted octanol–water partition coefficient (Wildman–Crippen LogP) is 0.894. The van der Waals surface area contributed by atoms with E-state index in [0.717, 1.165) is 12.8 Å². The van der Waals surface area contributed by atoms with Crippen LogP contribution in [0.4, 0.5) is 0 Å². The number of carbonyl (C=O) groups excluding carboxylic acids is 1. The van der Waals surface area contributed by atoms with Crippen LogP contribution in [-0.2, 0) is 0 Å². The van der Waals surface area contributed by atoms with Crippen LogP contribution in [-0.4, -0.2) is 39.3 Å². The minimum absolute atomic E-state index is 0.00730. The number of fused-ring (bicyclic) bond motifs is 1. The van der Waals surface area contributed by atoms with Crippen LogP contribution in [0, 0.1) is 5.92 Å². The molecule has 6 heteroatoms. The van der Waals surface area contributed by atoms with E-state index < -0.39 is 0 Å². The van der Waals surface area contributed by atoms with E-state index in [9.17, 15) is 9.59 Å². The lowest BCUT2D eigenvalue weighted by atomic mass is 9.92. The molecule has 1 aliphatic rings. The second-order valence-corrected chi connectivity index (χ2v) is 5.92. The van der Waals surface area contributed by atoms with Crippen molar-refractivity contribution in [3.05, 3.63) is 46.5 Å². The lowest BCUT2D eigenvalue weighted by Crippen LogP contribution is -2.50. The Hall–Kier alpha value is -2.21. The molecule has 1 saturated heterocycles. The highest BCUT2D eigenvalue weighted by Gasteiger charge is 2.31. The van der Waals surface area contributed by atoms with Gasteiger partial charge in [-0.25, -0.2) is 4.98 Å². The van der Waals surface area contributed by atoms with Gasteiger partial charge in [-0.3, -0.25) is 14.0 Å². The van der Waals surface area contributed by atoms with Gasteiger partial charge in [-0.1, -0.05) is 13.0 Å². The van der Waals surface area contributed by atoms with Crippen LogP contribution >= 0.6 is 0 Å². The van der Waals surface area contributed by atoms with Gasteiger partial charge in [-0.05, 0) is 30.9 Å². The molecule has 0 bridgehead atoms. The fourth-order valence-electron chi connectivity index (χ4n) is 3.07. The van der Waals surface area contributed by atoms with Gasteiger partial charge < -0.3 is 10.6 Å². The minimum atomic E-state index is -0.329. The molecular weight excluding hydrogens is 280 g/mol. The summed E-state index contributed by atoms with van der Waals surface area (Å²) in [5.41, 5.74) is 6.12. The third-order valence-electron chi connectivity index (χ3n) is 4.35. The van der Waals surface area contributed by atoms with Crippen LogP contribution < -0.4 is 11.3 Å². The van der Waals surface area contributed by atoms with E-state index in [1.165, 1.54) is 10.6 Å². The van der Waals surface area contributed by atoms with Gasteiger partial charge in [-0.15, -0.1) is 0 Å². The van der Waals surface area contributed by atoms with E-state index in [1.807, 2.05) is 0 Å². The maximum absolute atomic E-state index is 12.8. The molecule has 0 aromatic carbocycles. The lowest BCUT2D eigenvalue weighted by Gasteiger charge is -2.37. The molecule has 0 radical (unpaired) electrons. The molecule has 1 fully saturated rings. The Balaban J connectivity index is 1.98. The fraction of sp³-hybridized carbons (Fsp3) is 0.438. The summed E-state index contributed by atoms with van der Waals surface area (Å²) in [7, 11) is 0. The Morgan fingerprint density at radius 1 is 1.45 bits per heavy atom. The van der Waals surface area contributed by atoms with E-state index >= 15 is 0 Å². The van der Waals surface area contributed by atoms with E-state index in [-0.39, 0.29) is 23.1 Å². The largest absolute Gasteiger partial charge is 0.334 e. The number of nitrogens with two attached hydrogens (primary N) is 1. The van der Waals surface area contributed by atoms with Gasteiger partial charge in [0.05, 0.1) is 0 Å². The number of nitrogens with zero attached hydrogens (tertiary/aromatic N) is 3. The van der Waals surface area contributed by atoms with Crippen molar-refractivity contribution in [1.29, 1.82) is 0 Å². The molecule has 0 spiro atoms. The normalized spacial score (nSPS) is 22.0. The molecule has 2 aromatic rings. The first-order chi connectivity index (χ1) is 10.6. The van der Waals surface area contributed by atoms with E-state index in [2.05, 4.69) is 11.9 Å². The highest BCUT2D eigenvalue weighted by atomic mass is 16.2. The van der Waals surface area contributed by atoms with Crippen molar-refractivity contribution >= 4 is 11.6 Å². The summed E-state index contributed by atoms with van der Waals surface area (Å²) in [6, 6.07) is 5.28. The molecule has 6 nitrogen and oxygen atoms in total. The molecule has 0 aliphatic carbocycles. The number of carbonyl (C=O) groups is 1. The molecule has 0 saturated carbocycles. The summed E-state index contributed by atoms with van der Waals surface area (Å²) >= 11 is 0. The average Bonchev–Trinajstić information content (AvgIpc) is 2.54. The van der Waals surface area contributed by atoms with Crippen molar-refractivity contribution in [2.45, 2.75) is 25.8 Å². The van der Waals surface area contributed by atoms with Gasteiger partial charge in [0.1, 0.15) is 11.2 Å². The van der Waals surface area contributed by atoms with E-state index in [1.54, 1.807) is 29.3 Å². The Morgan fingerprint density at radius 2 is 2.27 bits per heavy atom. The van der Waals surface area contributed by atoms with E-state index in [0.29, 0.717) is 24.7 Å². The van der Waals surface area contributed by atoms with Crippen molar-refractivity contribution in [2.75, 3.05) is 13.1 Å². The molecule has 22 heavy (non-hydrogen) atoms. The van der Waals surface area contributed by atoms with Crippen molar-refractivity contribution in [2.24, 2.45) is 11.7 Å². The number of piperidine rings is 1. The predicted molar refractivity (Wildman–Crippen MR) is 83.7 cm³/mol. The molecule has 1 amide bonds. The molecule has 1 aliphatic heterocycles. The van der Waals surface area contributed by atoms with Gasteiger partial charge in [0.15, 0.2) is 0 Å². The van der Waals surface area contributed by atoms with Crippen molar-refractivity contribution in [3.8, 4) is 0 Å².